The fourth-order valence-electron chi connectivity index (χ4n) is 8.00. The molecule has 8 rings (SSSR count). The Bertz CT molecular complexity index is 1880. The topological polar surface area (TPSA) is 27.7 Å². The Kier molecular flexibility index (Phi) is 6.98. The lowest BCUT2D eigenvalue weighted by atomic mass is 9.63. The minimum Gasteiger partial charge on any atom is -0.497 e. The zero-order chi connectivity index (χ0) is 30.5. The third-order valence-electron chi connectivity index (χ3n) is 10.1. The molecule has 1 aliphatic heterocycles. The van der Waals surface area contributed by atoms with E-state index in [1.807, 2.05) is 24.3 Å². The van der Waals surface area contributed by atoms with Crippen molar-refractivity contribution in [1.82, 2.24) is 0 Å². The highest BCUT2D eigenvalue weighted by Gasteiger charge is 2.43. The molecular formula is C41H36O3S. The molecule has 0 N–H and O–H groups in total. The molecule has 0 aromatic heterocycles. The maximum absolute atomic E-state index is 7.38. The molecule has 1 fully saturated rings. The van der Waals surface area contributed by atoms with Gasteiger partial charge in [-0.15, -0.1) is 12.6 Å². The predicted molar refractivity (Wildman–Crippen MR) is 185 cm³/mol. The summed E-state index contributed by atoms with van der Waals surface area (Å²) in [5.41, 5.74) is 10.3. The molecule has 0 amide bonds. The molecule has 45 heavy (non-hydrogen) atoms. The molecule has 3 aliphatic rings. The van der Waals surface area contributed by atoms with Gasteiger partial charge in [-0.3, -0.25) is 0 Å². The lowest BCUT2D eigenvalue weighted by Crippen LogP contribution is -2.35. The summed E-state index contributed by atoms with van der Waals surface area (Å²) in [5, 5.41) is 0. The minimum absolute atomic E-state index is 0.437. The number of hydrogen-bond acceptors (Lipinski definition) is 4. The number of ether oxygens (including phenoxy) is 3. The van der Waals surface area contributed by atoms with Crippen molar-refractivity contribution in [3.05, 3.63) is 137 Å². The van der Waals surface area contributed by atoms with Gasteiger partial charge in [-0.1, -0.05) is 85.6 Å². The molecule has 2 atom stereocenters. The highest BCUT2D eigenvalue weighted by molar-refractivity contribution is 7.80. The maximum Gasteiger partial charge on any atom is 0.178 e. The van der Waals surface area contributed by atoms with Crippen LogP contribution in [0.2, 0.25) is 0 Å². The molecule has 4 heteroatoms. The Hall–Kier alpha value is -4.41. The summed E-state index contributed by atoms with van der Waals surface area (Å²) in [6, 6.07) is 36.2. The van der Waals surface area contributed by atoms with Gasteiger partial charge in [0.25, 0.3) is 0 Å². The van der Waals surface area contributed by atoms with Gasteiger partial charge in [0.15, 0.2) is 5.60 Å². The first-order valence-electron chi connectivity index (χ1n) is 15.9. The summed E-state index contributed by atoms with van der Waals surface area (Å²) in [6.07, 6.45) is 9.51. The van der Waals surface area contributed by atoms with Crippen molar-refractivity contribution >= 4 is 18.7 Å². The van der Waals surface area contributed by atoms with Gasteiger partial charge in [-0.2, -0.15) is 0 Å². The first-order valence-corrected chi connectivity index (χ1v) is 16.3. The van der Waals surface area contributed by atoms with E-state index in [1.54, 1.807) is 14.2 Å². The van der Waals surface area contributed by atoms with Gasteiger partial charge in [0.1, 0.15) is 17.2 Å². The summed E-state index contributed by atoms with van der Waals surface area (Å²) < 4.78 is 18.4. The molecule has 5 aromatic carbocycles. The van der Waals surface area contributed by atoms with Gasteiger partial charge < -0.3 is 14.2 Å². The molecule has 0 bridgehead atoms. The molecule has 0 radical (unpaired) electrons. The van der Waals surface area contributed by atoms with E-state index >= 15 is 0 Å². The van der Waals surface area contributed by atoms with Gasteiger partial charge in [0.2, 0.25) is 0 Å². The second-order valence-corrected chi connectivity index (χ2v) is 12.8. The van der Waals surface area contributed by atoms with Crippen LogP contribution in [0.1, 0.15) is 65.3 Å². The van der Waals surface area contributed by atoms with E-state index in [2.05, 4.69) is 91.0 Å². The van der Waals surface area contributed by atoms with E-state index < -0.39 is 5.60 Å². The van der Waals surface area contributed by atoms with Crippen LogP contribution >= 0.6 is 12.6 Å². The molecule has 5 aromatic rings. The van der Waals surface area contributed by atoms with Gasteiger partial charge in [0, 0.05) is 21.6 Å². The predicted octanol–water partition coefficient (Wildman–Crippen LogP) is 10.4. The van der Waals surface area contributed by atoms with Crippen LogP contribution in [0.25, 0.3) is 28.3 Å². The highest BCUT2D eigenvalue weighted by atomic mass is 32.1. The van der Waals surface area contributed by atoms with E-state index in [1.165, 1.54) is 59.1 Å². The number of benzene rings is 5. The molecule has 224 valence electrons. The summed E-state index contributed by atoms with van der Waals surface area (Å²) in [4.78, 5) is 0.964. The fraction of sp³-hybridized carbons (Fsp3) is 0.220. The van der Waals surface area contributed by atoms with Gasteiger partial charge in [0.05, 0.1) is 14.2 Å². The standard InChI is InChI=1S/C41H36O3S/c1-42-28-19-15-26(16-20-28)41(27-17-21-29(43-2)22-18-27)24-23-35-37(44-41)25-36(32-11-7-8-14-38(32)45)40-34-13-6-4-10-31(34)30-9-3-5-12-33(30)39(35)40/h4,6-8,10-11,13-25,30,33,45H,3,5,9,12H2,1-2H3. The molecular weight excluding hydrogens is 573 g/mol. The molecule has 0 spiro atoms. The van der Waals surface area contributed by atoms with Crippen molar-refractivity contribution in [3.8, 4) is 39.5 Å². The smallest absolute Gasteiger partial charge is 0.178 e. The van der Waals surface area contributed by atoms with Crippen molar-refractivity contribution in [2.24, 2.45) is 0 Å². The molecule has 0 saturated heterocycles. The molecule has 2 aliphatic carbocycles. The number of rotatable bonds is 5. The summed E-state index contributed by atoms with van der Waals surface area (Å²) in [7, 11) is 3.39. The Morgan fingerprint density at radius 2 is 1.29 bits per heavy atom. The van der Waals surface area contributed by atoms with Crippen molar-refractivity contribution in [3.63, 3.8) is 0 Å². The van der Waals surface area contributed by atoms with Gasteiger partial charge >= 0.3 is 0 Å². The highest BCUT2D eigenvalue weighted by Crippen LogP contribution is 2.59. The zero-order valence-corrected chi connectivity index (χ0v) is 26.5. The lowest BCUT2D eigenvalue weighted by molar-refractivity contribution is 0.160. The molecule has 1 heterocycles. The van der Waals surface area contributed by atoms with E-state index in [0.717, 1.165) is 38.8 Å². The Morgan fingerprint density at radius 3 is 1.93 bits per heavy atom. The Labute approximate surface area is 270 Å². The summed E-state index contributed by atoms with van der Waals surface area (Å²) in [5.74, 6) is 3.47. The van der Waals surface area contributed by atoms with Crippen molar-refractivity contribution in [2.75, 3.05) is 14.2 Å². The van der Waals surface area contributed by atoms with Crippen LogP contribution in [0, 0.1) is 0 Å². The SMILES string of the molecule is COc1ccc(C2(c3ccc(OC)cc3)C=Cc3c(cc(-c4ccccc4S)c4c3C3CCCCC3c3ccccc3-4)O2)cc1. The van der Waals surface area contributed by atoms with Crippen LogP contribution in [-0.2, 0) is 5.60 Å². The average molecular weight is 609 g/mol. The van der Waals surface area contributed by atoms with Gasteiger partial charge in [-0.05, 0) is 101 Å². The van der Waals surface area contributed by atoms with Crippen LogP contribution < -0.4 is 14.2 Å². The fourth-order valence-corrected chi connectivity index (χ4v) is 8.28. The van der Waals surface area contributed by atoms with Gasteiger partial charge in [-0.25, -0.2) is 0 Å². The van der Waals surface area contributed by atoms with Crippen molar-refractivity contribution in [2.45, 2.75) is 48.0 Å². The Balaban J connectivity index is 1.41. The summed E-state index contributed by atoms with van der Waals surface area (Å²) >= 11 is 4.97. The second-order valence-electron chi connectivity index (χ2n) is 12.4. The molecule has 3 nitrogen and oxygen atoms in total. The number of fused-ring (bicyclic) bond motifs is 8. The Morgan fingerprint density at radius 1 is 0.689 bits per heavy atom. The van der Waals surface area contributed by atoms with Crippen molar-refractivity contribution in [1.29, 1.82) is 0 Å². The van der Waals surface area contributed by atoms with E-state index in [9.17, 15) is 0 Å². The number of hydrogen-bond donors (Lipinski definition) is 1. The van der Waals surface area contributed by atoms with Crippen LogP contribution in [0.15, 0.2) is 114 Å². The largest absolute Gasteiger partial charge is 0.497 e. The lowest BCUT2D eigenvalue weighted by Gasteiger charge is -2.43. The number of thiol groups is 1. The van der Waals surface area contributed by atoms with E-state index in [-0.39, 0.29) is 0 Å². The van der Waals surface area contributed by atoms with Crippen LogP contribution in [0.5, 0.6) is 17.2 Å². The third kappa shape index (κ3) is 4.49. The van der Waals surface area contributed by atoms with E-state index in [4.69, 9.17) is 26.8 Å². The van der Waals surface area contributed by atoms with Crippen LogP contribution in [-0.4, -0.2) is 14.2 Å². The monoisotopic (exact) mass is 608 g/mol. The number of methoxy groups -OCH3 is 2. The third-order valence-corrected chi connectivity index (χ3v) is 10.5. The van der Waals surface area contributed by atoms with Crippen LogP contribution in [0.4, 0.5) is 0 Å². The zero-order valence-electron chi connectivity index (χ0n) is 25.6. The second kappa shape index (κ2) is 11.2. The first kappa shape index (κ1) is 28.1. The average Bonchev–Trinajstić information content (AvgIpc) is 3.11. The minimum atomic E-state index is -0.837. The maximum atomic E-state index is 7.38. The van der Waals surface area contributed by atoms with Crippen LogP contribution in [0.3, 0.4) is 0 Å². The molecule has 1 saturated carbocycles. The van der Waals surface area contributed by atoms with E-state index in [0.29, 0.717) is 11.8 Å². The normalized spacial score (nSPS) is 18.9. The first-order chi connectivity index (χ1) is 22.1. The summed E-state index contributed by atoms with van der Waals surface area (Å²) in [6.45, 7) is 0. The molecule has 2 unspecified atom stereocenters. The van der Waals surface area contributed by atoms with Crippen molar-refractivity contribution < 1.29 is 14.2 Å². The quantitative estimate of drug-likeness (QED) is 0.201.